The topological polar surface area (TPSA) is 58.4 Å². The lowest BCUT2D eigenvalue weighted by atomic mass is 9.97. The lowest BCUT2D eigenvalue weighted by Gasteiger charge is -2.25. The number of nitrogens with zero attached hydrogens (tertiary/aromatic N) is 1. The molecule has 5 heteroatoms. The fraction of sp³-hybridized carbons (Fsp3) is 0.438. The van der Waals surface area contributed by atoms with Gasteiger partial charge in [-0.3, -0.25) is 0 Å². The molecular formula is C16H22FN3O. The molecule has 1 aromatic rings. The maximum absolute atomic E-state index is 14.1. The third kappa shape index (κ3) is 3.14. The summed E-state index contributed by atoms with van der Waals surface area (Å²) < 4.78 is 14.1. The Bertz CT molecular complexity index is 569. The van der Waals surface area contributed by atoms with Crippen LogP contribution in [0.3, 0.4) is 0 Å². The molecule has 1 aromatic carbocycles. The van der Waals surface area contributed by atoms with Gasteiger partial charge in [-0.15, -0.1) is 0 Å². The van der Waals surface area contributed by atoms with Crippen LogP contribution in [0.5, 0.6) is 0 Å². The zero-order valence-corrected chi connectivity index (χ0v) is 12.7. The van der Waals surface area contributed by atoms with E-state index in [1.54, 1.807) is 6.07 Å². The summed E-state index contributed by atoms with van der Waals surface area (Å²) >= 11 is 0. The molecule has 0 radical (unpaired) electrons. The monoisotopic (exact) mass is 291 g/mol. The van der Waals surface area contributed by atoms with E-state index in [0.717, 1.165) is 23.1 Å². The van der Waals surface area contributed by atoms with Crippen molar-refractivity contribution in [2.24, 2.45) is 5.73 Å². The number of halogens is 1. The highest BCUT2D eigenvalue weighted by molar-refractivity contribution is 5.65. The summed E-state index contributed by atoms with van der Waals surface area (Å²) in [7, 11) is 0. The second-order valence-corrected chi connectivity index (χ2v) is 5.62. The molecule has 0 aromatic heterocycles. The fourth-order valence-electron chi connectivity index (χ4n) is 2.66. The predicted molar refractivity (Wildman–Crippen MR) is 80.7 cm³/mol. The van der Waals surface area contributed by atoms with Crippen LogP contribution in [-0.4, -0.2) is 23.4 Å². The van der Waals surface area contributed by atoms with Crippen LogP contribution in [0.4, 0.5) is 4.39 Å². The van der Waals surface area contributed by atoms with Gasteiger partial charge in [0, 0.05) is 24.7 Å². The first-order valence-corrected chi connectivity index (χ1v) is 7.15. The van der Waals surface area contributed by atoms with Crippen LogP contribution >= 0.6 is 0 Å². The van der Waals surface area contributed by atoms with Gasteiger partial charge < -0.3 is 15.5 Å². The highest BCUT2D eigenvalue weighted by atomic mass is 19.1. The molecular weight excluding hydrogens is 269 g/mol. The van der Waals surface area contributed by atoms with Gasteiger partial charge in [-0.05, 0) is 43.5 Å². The Morgan fingerprint density at radius 3 is 2.71 bits per heavy atom. The van der Waals surface area contributed by atoms with E-state index in [1.165, 1.54) is 6.07 Å². The Morgan fingerprint density at radius 1 is 1.48 bits per heavy atom. The largest absolute Gasteiger partial charge is 0.326 e. The standard InChI is InChI=1S/C16H22FN3O/c1-10(2)20-11(3)14(16(9-21)19-20)7-13-5-4-12(8-18)6-15(13)17/h4-6,9-10,16,19H,7-8,18H2,1-3H3. The third-order valence-electron chi connectivity index (χ3n) is 3.87. The van der Waals surface area contributed by atoms with Gasteiger partial charge in [0.2, 0.25) is 0 Å². The molecule has 2 rings (SSSR count). The number of hydrogen-bond acceptors (Lipinski definition) is 4. The zero-order chi connectivity index (χ0) is 15.6. The molecule has 0 fully saturated rings. The summed E-state index contributed by atoms with van der Waals surface area (Å²) in [5.41, 5.74) is 11.9. The van der Waals surface area contributed by atoms with Crippen molar-refractivity contribution in [1.82, 2.24) is 10.4 Å². The minimum absolute atomic E-state index is 0.231. The summed E-state index contributed by atoms with van der Waals surface area (Å²) in [6, 6.07) is 4.88. The number of benzene rings is 1. The van der Waals surface area contributed by atoms with Crippen molar-refractivity contribution in [2.45, 2.75) is 45.8 Å². The Hall–Kier alpha value is -1.72. The zero-order valence-electron chi connectivity index (χ0n) is 12.7. The third-order valence-corrected chi connectivity index (χ3v) is 3.87. The van der Waals surface area contributed by atoms with E-state index in [4.69, 9.17) is 5.73 Å². The SMILES string of the molecule is CC1=C(Cc2ccc(CN)cc2F)C(C=O)NN1C(C)C. The van der Waals surface area contributed by atoms with E-state index in [9.17, 15) is 9.18 Å². The lowest BCUT2D eigenvalue weighted by Crippen LogP contribution is -2.42. The van der Waals surface area contributed by atoms with Gasteiger partial charge in [-0.25, -0.2) is 9.82 Å². The van der Waals surface area contributed by atoms with E-state index >= 15 is 0 Å². The number of nitrogens with two attached hydrogens (primary N) is 1. The summed E-state index contributed by atoms with van der Waals surface area (Å²) in [6.45, 7) is 6.35. The number of carbonyl (C=O) groups is 1. The van der Waals surface area contributed by atoms with Crippen LogP contribution in [0.1, 0.15) is 31.9 Å². The predicted octanol–water partition coefficient (Wildman–Crippen LogP) is 1.90. The fourth-order valence-corrected chi connectivity index (χ4v) is 2.66. The highest BCUT2D eigenvalue weighted by Gasteiger charge is 2.30. The van der Waals surface area contributed by atoms with E-state index in [-0.39, 0.29) is 17.9 Å². The average molecular weight is 291 g/mol. The molecule has 0 amide bonds. The van der Waals surface area contributed by atoms with Crippen molar-refractivity contribution in [3.63, 3.8) is 0 Å². The van der Waals surface area contributed by atoms with E-state index in [2.05, 4.69) is 5.43 Å². The van der Waals surface area contributed by atoms with Gasteiger partial charge in [-0.1, -0.05) is 12.1 Å². The van der Waals surface area contributed by atoms with Crippen LogP contribution in [0.2, 0.25) is 0 Å². The molecule has 0 saturated carbocycles. The smallest absolute Gasteiger partial charge is 0.142 e. The maximum atomic E-state index is 14.1. The summed E-state index contributed by atoms with van der Waals surface area (Å²) in [5.74, 6) is -0.272. The first-order chi connectivity index (χ1) is 9.97. The Morgan fingerprint density at radius 2 is 2.19 bits per heavy atom. The summed E-state index contributed by atoms with van der Waals surface area (Å²) in [5, 5.41) is 1.96. The van der Waals surface area contributed by atoms with Gasteiger partial charge in [0.1, 0.15) is 18.1 Å². The lowest BCUT2D eigenvalue weighted by molar-refractivity contribution is -0.109. The first-order valence-electron chi connectivity index (χ1n) is 7.15. The number of nitrogens with one attached hydrogen (secondary N) is 1. The molecule has 21 heavy (non-hydrogen) atoms. The molecule has 114 valence electrons. The van der Waals surface area contributed by atoms with Gasteiger partial charge in [0.15, 0.2) is 0 Å². The van der Waals surface area contributed by atoms with Gasteiger partial charge in [0.05, 0.1) is 0 Å². The Kier molecular flexibility index (Phi) is 4.75. The van der Waals surface area contributed by atoms with Crippen molar-refractivity contribution < 1.29 is 9.18 Å². The molecule has 1 heterocycles. The molecule has 1 aliphatic heterocycles. The van der Waals surface area contributed by atoms with E-state index in [0.29, 0.717) is 18.5 Å². The number of carbonyl (C=O) groups excluding carboxylic acids is 1. The van der Waals surface area contributed by atoms with E-state index < -0.39 is 0 Å². The van der Waals surface area contributed by atoms with Crippen LogP contribution in [0.25, 0.3) is 0 Å². The van der Waals surface area contributed by atoms with Crippen molar-refractivity contribution in [1.29, 1.82) is 0 Å². The molecule has 4 nitrogen and oxygen atoms in total. The number of rotatable bonds is 5. The summed E-state index contributed by atoms with van der Waals surface area (Å²) in [6.07, 6.45) is 1.29. The molecule has 1 unspecified atom stereocenters. The van der Waals surface area contributed by atoms with Gasteiger partial charge in [0.25, 0.3) is 0 Å². The van der Waals surface area contributed by atoms with Crippen LogP contribution in [-0.2, 0) is 17.8 Å². The van der Waals surface area contributed by atoms with Crippen molar-refractivity contribution in [2.75, 3.05) is 0 Å². The van der Waals surface area contributed by atoms with Crippen molar-refractivity contribution in [3.8, 4) is 0 Å². The Balaban J connectivity index is 2.30. The summed E-state index contributed by atoms with van der Waals surface area (Å²) in [4.78, 5) is 11.3. The maximum Gasteiger partial charge on any atom is 0.142 e. The first kappa shape index (κ1) is 15.7. The normalized spacial score (nSPS) is 18.8. The molecule has 1 atom stereocenters. The molecule has 0 saturated heterocycles. The van der Waals surface area contributed by atoms with Crippen molar-refractivity contribution in [3.05, 3.63) is 46.4 Å². The highest BCUT2D eigenvalue weighted by Crippen LogP contribution is 2.26. The number of hydrazine groups is 1. The molecule has 0 aliphatic carbocycles. The minimum atomic E-state index is -0.388. The Labute approximate surface area is 124 Å². The number of allylic oxidation sites excluding steroid dienone is 1. The van der Waals surface area contributed by atoms with Crippen LogP contribution in [0, 0.1) is 5.82 Å². The van der Waals surface area contributed by atoms with E-state index in [1.807, 2.05) is 31.8 Å². The second-order valence-electron chi connectivity index (χ2n) is 5.62. The second kappa shape index (κ2) is 6.37. The minimum Gasteiger partial charge on any atom is -0.326 e. The van der Waals surface area contributed by atoms with Crippen LogP contribution < -0.4 is 11.2 Å². The number of aldehydes is 1. The average Bonchev–Trinajstić information content (AvgIpc) is 2.78. The molecule has 0 bridgehead atoms. The molecule has 0 spiro atoms. The van der Waals surface area contributed by atoms with Crippen molar-refractivity contribution >= 4 is 6.29 Å². The quantitative estimate of drug-likeness (QED) is 0.814. The van der Waals surface area contributed by atoms with Crippen LogP contribution in [0.15, 0.2) is 29.5 Å². The molecule has 1 aliphatic rings. The number of hydrogen-bond donors (Lipinski definition) is 2. The van der Waals surface area contributed by atoms with Gasteiger partial charge in [-0.2, -0.15) is 0 Å². The molecule has 3 N–H and O–H groups in total. The van der Waals surface area contributed by atoms with Gasteiger partial charge >= 0.3 is 0 Å².